The van der Waals surface area contributed by atoms with Gasteiger partial charge in [0, 0.05) is 7.05 Å². The van der Waals surface area contributed by atoms with Crippen molar-refractivity contribution in [3.05, 3.63) is 101 Å². The molecule has 0 aliphatic carbocycles. The van der Waals surface area contributed by atoms with Crippen LogP contribution in [0, 0.1) is 5.82 Å². The van der Waals surface area contributed by atoms with Gasteiger partial charge in [-0.3, -0.25) is 4.79 Å². The Morgan fingerprint density at radius 2 is 1.79 bits per heavy atom. The fourth-order valence-electron chi connectivity index (χ4n) is 3.25. The molecule has 1 N–H and O–H groups in total. The van der Waals surface area contributed by atoms with Crippen molar-refractivity contribution in [3.63, 3.8) is 0 Å². The van der Waals surface area contributed by atoms with E-state index < -0.39 is 17.8 Å². The second kappa shape index (κ2) is 7.44. The van der Waals surface area contributed by atoms with Gasteiger partial charge in [0.25, 0.3) is 5.91 Å². The number of hydrogen-bond acceptors (Lipinski definition) is 2. The van der Waals surface area contributed by atoms with Crippen LogP contribution in [0.1, 0.15) is 27.8 Å². The zero-order valence-corrected chi connectivity index (χ0v) is 15.8. The molecule has 0 aliphatic heterocycles. The highest BCUT2D eigenvalue weighted by Gasteiger charge is 2.24. The van der Waals surface area contributed by atoms with Gasteiger partial charge in [-0.15, -0.1) is 0 Å². The lowest BCUT2D eigenvalue weighted by molar-refractivity contribution is 0.0941. The normalized spacial score (nSPS) is 12.1. The number of nitrogens with one attached hydrogen (secondary N) is 1. The summed E-state index contributed by atoms with van der Waals surface area (Å²) in [6.07, 6.45) is 0. The third kappa shape index (κ3) is 3.37. The molecule has 6 heteroatoms. The van der Waals surface area contributed by atoms with E-state index in [0.29, 0.717) is 5.82 Å². The number of benzene rings is 3. The van der Waals surface area contributed by atoms with Crippen molar-refractivity contribution in [3.8, 4) is 0 Å². The molecular weight excluding hydrogens is 377 g/mol. The lowest BCUT2D eigenvalue weighted by Crippen LogP contribution is -2.31. The molecule has 1 atom stereocenters. The number of imidazole rings is 1. The lowest BCUT2D eigenvalue weighted by Gasteiger charge is -2.19. The monoisotopic (exact) mass is 393 g/mol. The molecule has 0 saturated heterocycles. The summed E-state index contributed by atoms with van der Waals surface area (Å²) in [7, 11) is 1.91. The Bertz CT molecular complexity index is 1160. The molecule has 28 heavy (non-hydrogen) atoms. The van der Waals surface area contributed by atoms with E-state index in [-0.39, 0.29) is 10.6 Å². The van der Waals surface area contributed by atoms with Crippen LogP contribution in [0.5, 0.6) is 0 Å². The quantitative estimate of drug-likeness (QED) is 0.537. The van der Waals surface area contributed by atoms with E-state index >= 15 is 0 Å². The summed E-state index contributed by atoms with van der Waals surface area (Å²) < 4.78 is 15.3. The number of amides is 1. The highest BCUT2D eigenvalue weighted by Crippen LogP contribution is 2.26. The van der Waals surface area contributed by atoms with Crippen LogP contribution >= 0.6 is 11.6 Å². The Kier molecular flexibility index (Phi) is 4.84. The van der Waals surface area contributed by atoms with Gasteiger partial charge in [0.1, 0.15) is 17.7 Å². The number of rotatable bonds is 4. The molecule has 140 valence electrons. The maximum Gasteiger partial charge on any atom is 0.253 e. The number of fused-ring (bicyclic) bond motifs is 1. The summed E-state index contributed by atoms with van der Waals surface area (Å²) in [6, 6.07) is 20.6. The number of nitrogens with zero attached hydrogens (tertiary/aromatic N) is 2. The van der Waals surface area contributed by atoms with Crippen molar-refractivity contribution in [1.29, 1.82) is 0 Å². The summed E-state index contributed by atoms with van der Waals surface area (Å²) in [5.41, 5.74) is 2.90. The number of aryl methyl sites for hydroxylation is 1. The second-order valence-corrected chi connectivity index (χ2v) is 6.87. The van der Waals surface area contributed by atoms with Gasteiger partial charge in [-0.1, -0.05) is 54.1 Å². The number of aromatic nitrogens is 2. The molecule has 0 bridgehead atoms. The molecule has 0 fully saturated rings. The first-order chi connectivity index (χ1) is 13.5. The van der Waals surface area contributed by atoms with E-state index in [0.717, 1.165) is 22.7 Å². The molecule has 4 rings (SSSR count). The molecular formula is C22H17ClFN3O. The van der Waals surface area contributed by atoms with Crippen molar-refractivity contribution < 1.29 is 9.18 Å². The Balaban J connectivity index is 1.78. The van der Waals surface area contributed by atoms with Crippen LogP contribution in [-0.4, -0.2) is 15.5 Å². The maximum atomic E-state index is 13.3. The minimum absolute atomic E-state index is 0.0642. The van der Waals surface area contributed by atoms with E-state index in [9.17, 15) is 9.18 Å². The van der Waals surface area contributed by atoms with Crippen LogP contribution < -0.4 is 5.32 Å². The Morgan fingerprint density at radius 1 is 1.07 bits per heavy atom. The average Bonchev–Trinajstić information content (AvgIpc) is 3.03. The van der Waals surface area contributed by atoms with Gasteiger partial charge < -0.3 is 9.88 Å². The van der Waals surface area contributed by atoms with Crippen LogP contribution in [0.3, 0.4) is 0 Å². The highest BCUT2D eigenvalue weighted by atomic mass is 35.5. The summed E-state index contributed by atoms with van der Waals surface area (Å²) >= 11 is 6.07. The van der Waals surface area contributed by atoms with Gasteiger partial charge >= 0.3 is 0 Å². The fourth-order valence-corrected chi connectivity index (χ4v) is 3.50. The average molecular weight is 394 g/mol. The molecule has 1 aromatic heterocycles. The number of carbonyl (C=O) groups is 1. The Labute approximate surface area is 166 Å². The van der Waals surface area contributed by atoms with Crippen molar-refractivity contribution in [2.75, 3.05) is 0 Å². The van der Waals surface area contributed by atoms with E-state index in [1.165, 1.54) is 12.1 Å². The van der Waals surface area contributed by atoms with Crippen LogP contribution in [0.2, 0.25) is 5.02 Å². The Hall–Kier alpha value is -3.18. The minimum atomic E-state index is -0.493. The van der Waals surface area contributed by atoms with E-state index in [1.807, 2.05) is 66.2 Å². The predicted molar refractivity (Wildman–Crippen MR) is 108 cm³/mol. The van der Waals surface area contributed by atoms with Crippen LogP contribution in [0.25, 0.3) is 11.0 Å². The molecule has 4 nitrogen and oxygen atoms in total. The molecule has 1 amide bonds. The largest absolute Gasteiger partial charge is 0.338 e. The molecule has 1 unspecified atom stereocenters. The van der Waals surface area contributed by atoms with Crippen molar-refractivity contribution in [1.82, 2.24) is 14.9 Å². The second-order valence-electron chi connectivity index (χ2n) is 6.46. The van der Waals surface area contributed by atoms with Crippen molar-refractivity contribution >= 4 is 28.5 Å². The van der Waals surface area contributed by atoms with Crippen LogP contribution in [0.4, 0.5) is 4.39 Å². The fraction of sp³-hybridized carbons (Fsp3) is 0.0909. The Morgan fingerprint density at radius 3 is 2.50 bits per heavy atom. The summed E-state index contributed by atoms with van der Waals surface area (Å²) in [5.74, 6) is -0.193. The van der Waals surface area contributed by atoms with E-state index in [1.54, 1.807) is 0 Å². The molecule has 0 spiro atoms. The third-order valence-corrected chi connectivity index (χ3v) is 4.98. The standard InChI is InChI=1S/C22H17ClFN3O/c1-27-19-10-6-5-9-18(19)25-21(27)20(14-7-3-2-4-8-14)26-22(28)16-12-11-15(24)13-17(16)23/h2-13,20H,1H3,(H,26,28). The molecule has 1 heterocycles. The lowest BCUT2D eigenvalue weighted by atomic mass is 10.1. The molecule has 0 radical (unpaired) electrons. The van der Waals surface area contributed by atoms with Crippen molar-refractivity contribution in [2.45, 2.75) is 6.04 Å². The summed E-state index contributed by atoms with van der Waals surface area (Å²) in [5, 5.41) is 3.06. The SMILES string of the molecule is Cn1c(C(NC(=O)c2ccc(F)cc2Cl)c2ccccc2)nc2ccccc21. The minimum Gasteiger partial charge on any atom is -0.338 e. The highest BCUT2D eigenvalue weighted by molar-refractivity contribution is 6.33. The topological polar surface area (TPSA) is 46.9 Å². The summed E-state index contributed by atoms with van der Waals surface area (Å²) in [4.78, 5) is 17.6. The molecule has 0 saturated carbocycles. The van der Waals surface area contributed by atoms with E-state index in [2.05, 4.69) is 5.32 Å². The van der Waals surface area contributed by atoms with Gasteiger partial charge in [-0.2, -0.15) is 0 Å². The maximum absolute atomic E-state index is 13.3. The van der Waals surface area contributed by atoms with Gasteiger partial charge in [-0.25, -0.2) is 9.37 Å². The van der Waals surface area contributed by atoms with Gasteiger partial charge in [0.2, 0.25) is 0 Å². The number of para-hydroxylation sites is 2. The predicted octanol–water partition coefficient (Wildman–Crippen LogP) is 4.89. The van der Waals surface area contributed by atoms with Crippen molar-refractivity contribution in [2.24, 2.45) is 7.05 Å². The van der Waals surface area contributed by atoms with Gasteiger partial charge in [0.05, 0.1) is 21.6 Å². The molecule has 0 aliphatic rings. The van der Waals surface area contributed by atoms with Gasteiger partial charge in [-0.05, 0) is 35.9 Å². The smallest absolute Gasteiger partial charge is 0.253 e. The van der Waals surface area contributed by atoms with Gasteiger partial charge in [0.15, 0.2) is 0 Å². The zero-order valence-electron chi connectivity index (χ0n) is 15.1. The first-order valence-corrected chi connectivity index (χ1v) is 9.14. The van der Waals surface area contributed by atoms with E-state index in [4.69, 9.17) is 16.6 Å². The van der Waals surface area contributed by atoms with Crippen LogP contribution in [0.15, 0.2) is 72.8 Å². The first-order valence-electron chi connectivity index (χ1n) is 8.77. The molecule has 4 aromatic rings. The first kappa shape index (κ1) is 18.2. The number of carbonyl (C=O) groups excluding carboxylic acids is 1. The van der Waals surface area contributed by atoms with Crippen LogP contribution in [-0.2, 0) is 7.05 Å². The summed E-state index contributed by atoms with van der Waals surface area (Å²) in [6.45, 7) is 0. The zero-order chi connectivity index (χ0) is 19.7. The molecule has 3 aromatic carbocycles. The number of halogens is 2. The third-order valence-electron chi connectivity index (χ3n) is 4.66. The number of hydrogen-bond donors (Lipinski definition) is 1.